The Balaban J connectivity index is 1.89. The Morgan fingerprint density at radius 1 is 1.47 bits per heavy atom. The molecule has 2 aliphatic heterocycles. The van der Waals surface area contributed by atoms with E-state index in [0.717, 1.165) is 32.7 Å². The molecular weight excluding hydrogens is 214 g/mol. The molecule has 17 heavy (non-hydrogen) atoms. The first-order valence-corrected chi connectivity index (χ1v) is 6.82. The minimum Gasteiger partial charge on any atom is -0.381 e. The molecule has 2 unspecified atom stereocenters. The number of rotatable bonds is 4. The minimum atomic E-state index is 0.230. The summed E-state index contributed by atoms with van der Waals surface area (Å²) in [6.07, 6.45) is 3.77. The molecule has 2 atom stereocenters. The molecule has 2 rings (SSSR count). The summed E-state index contributed by atoms with van der Waals surface area (Å²) in [5.41, 5.74) is 6.19. The molecule has 0 spiro atoms. The summed E-state index contributed by atoms with van der Waals surface area (Å²) in [6.45, 7) is 6.04. The number of nitrogens with two attached hydrogens (primary N) is 1. The Morgan fingerprint density at radius 3 is 2.88 bits per heavy atom. The first-order valence-electron chi connectivity index (χ1n) is 6.82. The second-order valence-electron chi connectivity index (χ2n) is 6.00. The van der Waals surface area contributed by atoms with Crippen LogP contribution >= 0.6 is 0 Å². The summed E-state index contributed by atoms with van der Waals surface area (Å²) in [7, 11) is 4.37. The van der Waals surface area contributed by atoms with E-state index >= 15 is 0 Å². The van der Waals surface area contributed by atoms with Crippen LogP contribution in [0.25, 0.3) is 0 Å². The topological polar surface area (TPSA) is 41.7 Å². The molecule has 2 heterocycles. The van der Waals surface area contributed by atoms with Crippen LogP contribution in [0, 0.1) is 5.41 Å². The maximum atomic E-state index is 5.96. The monoisotopic (exact) mass is 241 g/mol. The molecule has 0 aromatic heterocycles. The largest absolute Gasteiger partial charge is 0.381 e. The van der Waals surface area contributed by atoms with Crippen molar-refractivity contribution in [3.8, 4) is 0 Å². The van der Waals surface area contributed by atoms with Gasteiger partial charge in [0.1, 0.15) is 0 Å². The maximum Gasteiger partial charge on any atom is 0.0547 e. The van der Waals surface area contributed by atoms with Gasteiger partial charge in [-0.1, -0.05) is 0 Å². The maximum absolute atomic E-state index is 5.96. The average molecular weight is 241 g/mol. The van der Waals surface area contributed by atoms with Crippen molar-refractivity contribution in [3.05, 3.63) is 0 Å². The van der Waals surface area contributed by atoms with Crippen molar-refractivity contribution >= 4 is 0 Å². The van der Waals surface area contributed by atoms with Crippen LogP contribution in [-0.4, -0.2) is 69.3 Å². The molecule has 0 amide bonds. The van der Waals surface area contributed by atoms with Crippen LogP contribution in [0.5, 0.6) is 0 Å². The van der Waals surface area contributed by atoms with Gasteiger partial charge in [-0.25, -0.2) is 0 Å². The fourth-order valence-corrected chi connectivity index (χ4v) is 3.07. The fraction of sp³-hybridized carbons (Fsp3) is 1.00. The van der Waals surface area contributed by atoms with E-state index in [1.807, 2.05) is 0 Å². The van der Waals surface area contributed by atoms with Gasteiger partial charge in [-0.3, -0.25) is 0 Å². The zero-order chi connectivity index (χ0) is 12.3. The quantitative estimate of drug-likeness (QED) is 0.772. The lowest BCUT2D eigenvalue weighted by Gasteiger charge is -2.40. The van der Waals surface area contributed by atoms with Crippen molar-refractivity contribution < 1.29 is 4.74 Å². The zero-order valence-electron chi connectivity index (χ0n) is 11.3. The molecule has 0 aromatic carbocycles. The summed E-state index contributed by atoms with van der Waals surface area (Å²) in [5, 5.41) is 0. The lowest BCUT2D eigenvalue weighted by atomic mass is 9.86. The van der Waals surface area contributed by atoms with Gasteiger partial charge >= 0.3 is 0 Å². The van der Waals surface area contributed by atoms with E-state index in [1.54, 1.807) is 0 Å². The third-order valence-corrected chi connectivity index (χ3v) is 4.39. The van der Waals surface area contributed by atoms with E-state index < -0.39 is 0 Å². The highest BCUT2D eigenvalue weighted by molar-refractivity contribution is 4.89. The molecule has 0 radical (unpaired) electrons. The molecule has 2 saturated heterocycles. The summed E-state index contributed by atoms with van der Waals surface area (Å²) in [6, 6.07) is 0.709. The highest BCUT2D eigenvalue weighted by Crippen LogP contribution is 2.29. The number of hydrogen-bond acceptors (Lipinski definition) is 4. The van der Waals surface area contributed by atoms with Gasteiger partial charge in [0.15, 0.2) is 0 Å². The standard InChI is InChI=1S/C13H27N3O/c1-15(2)12-4-3-6-16(8-12)10-13(9-14)5-7-17-11-13/h12H,3-11,14H2,1-2H3. The molecule has 4 nitrogen and oxygen atoms in total. The molecule has 2 aliphatic rings. The molecule has 0 aromatic rings. The van der Waals surface area contributed by atoms with Crippen molar-refractivity contribution in [2.24, 2.45) is 11.1 Å². The van der Waals surface area contributed by atoms with Crippen molar-refractivity contribution in [3.63, 3.8) is 0 Å². The lowest BCUT2D eigenvalue weighted by molar-refractivity contribution is 0.0749. The third-order valence-electron chi connectivity index (χ3n) is 4.39. The molecule has 2 N–H and O–H groups in total. The van der Waals surface area contributed by atoms with Gasteiger partial charge in [0.2, 0.25) is 0 Å². The molecule has 4 heteroatoms. The fourth-order valence-electron chi connectivity index (χ4n) is 3.07. The number of piperidine rings is 1. The first-order chi connectivity index (χ1) is 8.15. The van der Waals surface area contributed by atoms with Gasteiger partial charge in [-0.15, -0.1) is 0 Å². The number of likely N-dealkylation sites (tertiary alicyclic amines) is 1. The molecular formula is C13H27N3O. The van der Waals surface area contributed by atoms with E-state index in [0.29, 0.717) is 6.04 Å². The molecule has 0 bridgehead atoms. The summed E-state index contributed by atoms with van der Waals surface area (Å²) in [5.74, 6) is 0. The molecule has 100 valence electrons. The van der Waals surface area contributed by atoms with Crippen molar-refractivity contribution in [2.75, 3.05) is 53.5 Å². The lowest BCUT2D eigenvalue weighted by Crippen LogP contribution is -2.50. The highest BCUT2D eigenvalue weighted by Gasteiger charge is 2.36. The van der Waals surface area contributed by atoms with Gasteiger partial charge in [-0.2, -0.15) is 0 Å². The predicted octanol–water partition coefficient (Wildman–Crippen LogP) is 0.378. The van der Waals surface area contributed by atoms with Gasteiger partial charge < -0.3 is 20.3 Å². The normalized spacial score (nSPS) is 35.6. The van der Waals surface area contributed by atoms with Crippen LogP contribution < -0.4 is 5.73 Å². The van der Waals surface area contributed by atoms with Crippen LogP contribution in [0.1, 0.15) is 19.3 Å². The number of hydrogen-bond donors (Lipinski definition) is 1. The Bertz CT molecular complexity index is 239. The third kappa shape index (κ3) is 3.19. The van der Waals surface area contributed by atoms with E-state index in [2.05, 4.69) is 23.9 Å². The van der Waals surface area contributed by atoms with E-state index in [9.17, 15) is 0 Å². The second kappa shape index (κ2) is 5.65. The summed E-state index contributed by atoms with van der Waals surface area (Å²) in [4.78, 5) is 4.95. The van der Waals surface area contributed by atoms with Crippen LogP contribution in [0.3, 0.4) is 0 Å². The molecule has 0 saturated carbocycles. The number of ether oxygens (including phenoxy) is 1. The summed E-state index contributed by atoms with van der Waals surface area (Å²) >= 11 is 0. The second-order valence-corrected chi connectivity index (χ2v) is 6.00. The molecule has 2 fully saturated rings. The average Bonchev–Trinajstić information content (AvgIpc) is 2.78. The minimum absolute atomic E-state index is 0.230. The number of nitrogens with zero attached hydrogens (tertiary/aromatic N) is 2. The van der Waals surface area contributed by atoms with Crippen molar-refractivity contribution in [1.29, 1.82) is 0 Å². The van der Waals surface area contributed by atoms with Crippen LogP contribution in [-0.2, 0) is 4.74 Å². The van der Waals surface area contributed by atoms with E-state index in [4.69, 9.17) is 10.5 Å². The van der Waals surface area contributed by atoms with E-state index in [-0.39, 0.29) is 5.41 Å². The van der Waals surface area contributed by atoms with Crippen LogP contribution in [0.4, 0.5) is 0 Å². The van der Waals surface area contributed by atoms with Crippen molar-refractivity contribution in [1.82, 2.24) is 9.80 Å². The van der Waals surface area contributed by atoms with Crippen LogP contribution in [0.2, 0.25) is 0 Å². The zero-order valence-corrected chi connectivity index (χ0v) is 11.3. The first kappa shape index (κ1) is 13.3. The Labute approximate surface area is 105 Å². The SMILES string of the molecule is CN(C)C1CCCN(CC2(CN)CCOC2)C1. The number of likely N-dealkylation sites (N-methyl/N-ethyl adjacent to an activating group) is 1. The Morgan fingerprint density at radius 2 is 2.29 bits per heavy atom. The van der Waals surface area contributed by atoms with Gasteiger partial charge in [0.25, 0.3) is 0 Å². The smallest absolute Gasteiger partial charge is 0.0547 e. The van der Waals surface area contributed by atoms with Gasteiger partial charge in [0.05, 0.1) is 6.61 Å². The summed E-state index contributed by atoms with van der Waals surface area (Å²) < 4.78 is 5.55. The van der Waals surface area contributed by atoms with Gasteiger partial charge in [0, 0.05) is 37.7 Å². The van der Waals surface area contributed by atoms with E-state index in [1.165, 1.54) is 25.9 Å². The van der Waals surface area contributed by atoms with Crippen LogP contribution in [0.15, 0.2) is 0 Å². The predicted molar refractivity (Wildman–Crippen MR) is 70.1 cm³/mol. The van der Waals surface area contributed by atoms with Crippen molar-refractivity contribution in [2.45, 2.75) is 25.3 Å². The van der Waals surface area contributed by atoms with Gasteiger partial charge in [-0.05, 0) is 39.9 Å². The highest BCUT2D eigenvalue weighted by atomic mass is 16.5. The Hall–Kier alpha value is -0.160. The Kier molecular flexibility index (Phi) is 4.42. The molecule has 0 aliphatic carbocycles.